The summed E-state index contributed by atoms with van der Waals surface area (Å²) in [5.41, 5.74) is 1.02. The van der Waals surface area contributed by atoms with Crippen molar-refractivity contribution in [3.63, 3.8) is 0 Å². The normalized spacial score (nSPS) is 11.1. The third-order valence-electron chi connectivity index (χ3n) is 4.46. The predicted octanol–water partition coefficient (Wildman–Crippen LogP) is 4.30. The van der Waals surface area contributed by atoms with Gasteiger partial charge in [-0.1, -0.05) is 31.2 Å². The number of hydrogen-bond donors (Lipinski definition) is 3. The number of carbonyl (C=O) groups is 2. The molecule has 2 aromatic rings. The van der Waals surface area contributed by atoms with Gasteiger partial charge in [-0.05, 0) is 62.6 Å². The molecule has 0 radical (unpaired) electrons. The fraction of sp³-hybridized carbons (Fsp3) is 0.440. The Labute approximate surface area is 199 Å². The van der Waals surface area contributed by atoms with Crippen molar-refractivity contribution in [2.75, 3.05) is 32.9 Å². The minimum absolute atomic E-state index is 0.00578. The molecular weight excluding hydrogens is 445 g/mol. The van der Waals surface area contributed by atoms with Gasteiger partial charge < -0.3 is 29.7 Å². The molecule has 1 unspecified atom stereocenters. The van der Waals surface area contributed by atoms with Crippen LogP contribution in [0.3, 0.4) is 0 Å². The highest BCUT2D eigenvalue weighted by molar-refractivity contribution is 6.27. The van der Waals surface area contributed by atoms with Crippen LogP contribution in [0.4, 0.5) is 4.39 Å². The number of hydrogen-bond acceptors (Lipinski definition) is 6. The summed E-state index contributed by atoms with van der Waals surface area (Å²) in [5, 5.41) is 18.2. The summed E-state index contributed by atoms with van der Waals surface area (Å²) in [5.74, 6) is -2.29. The molecule has 0 aliphatic heterocycles. The van der Waals surface area contributed by atoms with Gasteiger partial charge >= 0.3 is 11.9 Å². The molecule has 34 heavy (non-hydrogen) atoms. The maximum atomic E-state index is 13.1. The molecule has 188 valence electrons. The fourth-order valence-electron chi connectivity index (χ4n) is 2.90. The second kappa shape index (κ2) is 17.3. The summed E-state index contributed by atoms with van der Waals surface area (Å²) < 4.78 is 30.4. The van der Waals surface area contributed by atoms with Gasteiger partial charge in [0.2, 0.25) is 0 Å². The molecular formula is C25H34FNO7. The van der Waals surface area contributed by atoms with Gasteiger partial charge in [0, 0.05) is 13.2 Å². The third-order valence-corrected chi connectivity index (χ3v) is 4.46. The lowest BCUT2D eigenvalue weighted by Crippen LogP contribution is -2.22. The zero-order valence-electron chi connectivity index (χ0n) is 19.7. The molecule has 0 fully saturated rings. The zero-order chi connectivity index (χ0) is 25.2. The van der Waals surface area contributed by atoms with Crippen LogP contribution in [0.25, 0.3) is 0 Å². The molecule has 0 bridgehead atoms. The predicted molar refractivity (Wildman–Crippen MR) is 126 cm³/mol. The Kier molecular flexibility index (Phi) is 14.7. The number of halogens is 1. The molecule has 0 saturated heterocycles. The number of carboxylic acid groups (broad SMARTS) is 2. The molecule has 2 rings (SSSR count). The molecule has 0 saturated carbocycles. The van der Waals surface area contributed by atoms with Crippen molar-refractivity contribution in [3.8, 4) is 11.5 Å². The number of rotatable bonds is 14. The highest BCUT2D eigenvalue weighted by Gasteiger charge is 2.11. The summed E-state index contributed by atoms with van der Waals surface area (Å²) in [4.78, 5) is 18.2. The molecule has 0 aromatic heterocycles. The lowest BCUT2D eigenvalue weighted by atomic mass is 10.0. The second-order valence-corrected chi connectivity index (χ2v) is 7.14. The molecule has 3 N–H and O–H groups in total. The molecule has 0 heterocycles. The van der Waals surface area contributed by atoms with Crippen LogP contribution in [-0.4, -0.2) is 55.1 Å². The van der Waals surface area contributed by atoms with E-state index < -0.39 is 11.9 Å². The Balaban J connectivity index is 0.000000852. The van der Waals surface area contributed by atoms with Crippen LogP contribution in [0.2, 0.25) is 0 Å². The van der Waals surface area contributed by atoms with Crippen LogP contribution in [0, 0.1) is 5.82 Å². The molecule has 9 heteroatoms. The topological polar surface area (TPSA) is 114 Å². The highest BCUT2D eigenvalue weighted by atomic mass is 19.1. The lowest BCUT2D eigenvalue weighted by molar-refractivity contribution is -0.159. The third kappa shape index (κ3) is 12.2. The maximum Gasteiger partial charge on any atom is 0.414 e. The Bertz CT molecular complexity index is 833. The smallest absolute Gasteiger partial charge is 0.414 e. The van der Waals surface area contributed by atoms with Crippen LogP contribution in [0.5, 0.6) is 11.5 Å². The first kappa shape index (κ1) is 28.9. The molecule has 0 spiro atoms. The van der Waals surface area contributed by atoms with Crippen molar-refractivity contribution >= 4 is 11.9 Å². The van der Waals surface area contributed by atoms with E-state index in [0.29, 0.717) is 19.8 Å². The Morgan fingerprint density at radius 1 is 0.912 bits per heavy atom. The van der Waals surface area contributed by atoms with E-state index in [-0.39, 0.29) is 11.9 Å². The standard InChI is InChI=1S/C23H32FNO3.C2H2O4/c1-3-17-27-22-8-5-6-9-23(22)28-18-16-25-15-7-10-21(26-4-2)19-11-13-20(24)14-12-19;3-1(4)2(5)6/h5-6,8-9,11-14,21,25H,3-4,7,10,15-18H2,1-2H3;(H,3,4)(H,5,6). The van der Waals surface area contributed by atoms with Crippen LogP contribution in [-0.2, 0) is 14.3 Å². The largest absolute Gasteiger partial charge is 0.490 e. The average Bonchev–Trinajstić information content (AvgIpc) is 2.83. The van der Waals surface area contributed by atoms with Crippen molar-refractivity contribution in [2.24, 2.45) is 0 Å². The van der Waals surface area contributed by atoms with E-state index in [1.807, 2.05) is 31.2 Å². The summed E-state index contributed by atoms with van der Waals surface area (Å²) in [6, 6.07) is 14.3. The van der Waals surface area contributed by atoms with Crippen LogP contribution >= 0.6 is 0 Å². The molecule has 0 aliphatic carbocycles. The van der Waals surface area contributed by atoms with Crippen LogP contribution in [0.15, 0.2) is 48.5 Å². The van der Waals surface area contributed by atoms with Gasteiger partial charge in [0.05, 0.1) is 12.7 Å². The summed E-state index contributed by atoms with van der Waals surface area (Å²) in [6.07, 6.45) is 2.83. The number of carboxylic acids is 2. The highest BCUT2D eigenvalue weighted by Crippen LogP contribution is 2.26. The molecule has 0 aliphatic rings. The molecule has 1 atom stereocenters. The van der Waals surface area contributed by atoms with E-state index in [1.54, 1.807) is 12.1 Å². The Morgan fingerprint density at radius 3 is 2.03 bits per heavy atom. The van der Waals surface area contributed by atoms with E-state index in [4.69, 9.17) is 34.0 Å². The van der Waals surface area contributed by atoms with E-state index in [1.165, 1.54) is 12.1 Å². The number of ether oxygens (including phenoxy) is 3. The first-order valence-corrected chi connectivity index (χ1v) is 11.3. The average molecular weight is 480 g/mol. The van der Waals surface area contributed by atoms with Gasteiger partial charge in [0.25, 0.3) is 0 Å². The number of nitrogens with one attached hydrogen (secondary N) is 1. The van der Waals surface area contributed by atoms with E-state index in [9.17, 15) is 4.39 Å². The van der Waals surface area contributed by atoms with Gasteiger partial charge in [-0.15, -0.1) is 0 Å². The van der Waals surface area contributed by atoms with Crippen molar-refractivity contribution in [1.29, 1.82) is 0 Å². The number of benzene rings is 2. The molecule has 0 amide bonds. The molecule has 8 nitrogen and oxygen atoms in total. The lowest BCUT2D eigenvalue weighted by Gasteiger charge is -2.17. The van der Waals surface area contributed by atoms with Crippen molar-refractivity contribution in [2.45, 2.75) is 39.2 Å². The number of aliphatic carboxylic acids is 2. The van der Waals surface area contributed by atoms with E-state index in [2.05, 4.69) is 12.2 Å². The van der Waals surface area contributed by atoms with Gasteiger partial charge in [0.1, 0.15) is 12.4 Å². The van der Waals surface area contributed by atoms with Crippen LogP contribution in [0.1, 0.15) is 44.8 Å². The van der Waals surface area contributed by atoms with Gasteiger partial charge in [-0.25, -0.2) is 14.0 Å². The number of para-hydroxylation sites is 2. The van der Waals surface area contributed by atoms with Crippen LogP contribution < -0.4 is 14.8 Å². The van der Waals surface area contributed by atoms with Crippen molar-refractivity contribution < 1.29 is 38.4 Å². The first-order chi connectivity index (χ1) is 16.4. The van der Waals surface area contributed by atoms with Crippen molar-refractivity contribution in [1.82, 2.24) is 5.32 Å². The minimum Gasteiger partial charge on any atom is -0.490 e. The van der Waals surface area contributed by atoms with Gasteiger partial charge in [-0.2, -0.15) is 0 Å². The Hall–Kier alpha value is -3.17. The minimum atomic E-state index is -1.82. The quantitative estimate of drug-likeness (QED) is 0.272. The van der Waals surface area contributed by atoms with E-state index in [0.717, 1.165) is 49.4 Å². The second-order valence-electron chi connectivity index (χ2n) is 7.14. The molecule has 2 aromatic carbocycles. The van der Waals surface area contributed by atoms with Gasteiger partial charge in [0.15, 0.2) is 11.5 Å². The van der Waals surface area contributed by atoms with E-state index >= 15 is 0 Å². The zero-order valence-corrected chi connectivity index (χ0v) is 19.7. The SMILES string of the molecule is CCCOc1ccccc1OCCNCCCC(OCC)c1ccc(F)cc1.O=C(O)C(=O)O. The fourth-order valence-corrected chi connectivity index (χ4v) is 2.90. The van der Waals surface area contributed by atoms with Gasteiger partial charge in [-0.3, -0.25) is 0 Å². The van der Waals surface area contributed by atoms with Crippen molar-refractivity contribution in [3.05, 3.63) is 59.9 Å². The summed E-state index contributed by atoms with van der Waals surface area (Å²) >= 11 is 0. The summed E-state index contributed by atoms with van der Waals surface area (Å²) in [6.45, 7) is 7.61. The first-order valence-electron chi connectivity index (χ1n) is 11.3. The Morgan fingerprint density at radius 2 is 1.50 bits per heavy atom. The maximum absolute atomic E-state index is 13.1. The monoisotopic (exact) mass is 479 g/mol. The summed E-state index contributed by atoms with van der Waals surface area (Å²) in [7, 11) is 0.